The van der Waals surface area contributed by atoms with Crippen LogP contribution in [0.1, 0.15) is 18.1 Å². The van der Waals surface area contributed by atoms with Gasteiger partial charge in [0.1, 0.15) is 6.61 Å². The van der Waals surface area contributed by atoms with Crippen molar-refractivity contribution in [3.63, 3.8) is 0 Å². The zero-order valence-electron chi connectivity index (χ0n) is 10.9. The molecule has 3 nitrogen and oxygen atoms in total. The molecule has 0 radical (unpaired) electrons. The van der Waals surface area contributed by atoms with Crippen LogP contribution in [-0.4, -0.2) is 25.7 Å². The smallest absolute Gasteiger partial charge is 0.372 e. The van der Waals surface area contributed by atoms with Crippen molar-refractivity contribution in [3.8, 4) is 11.8 Å². The molecule has 0 saturated heterocycles. The number of rotatable bonds is 4. The van der Waals surface area contributed by atoms with E-state index < -0.39 is 11.7 Å². The van der Waals surface area contributed by atoms with E-state index in [1.807, 2.05) is 0 Å². The van der Waals surface area contributed by atoms with Crippen molar-refractivity contribution < 1.29 is 22.7 Å². The van der Waals surface area contributed by atoms with Crippen LogP contribution in [0.3, 0.4) is 0 Å². The predicted molar refractivity (Wildman–Crippen MR) is 67.8 cm³/mol. The average molecular weight is 285 g/mol. The Labute approximate surface area is 115 Å². The number of nitrogens with one attached hydrogen (secondary N) is 1. The second-order valence-corrected chi connectivity index (χ2v) is 3.76. The van der Waals surface area contributed by atoms with E-state index in [2.05, 4.69) is 17.2 Å². The Morgan fingerprint density at radius 2 is 2.05 bits per heavy atom. The molecule has 6 heteroatoms. The Kier molecular flexibility index (Phi) is 6.07. The highest BCUT2D eigenvalue weighted by molar-refractivity contribution is 5.77. The largest absolute Gasteiger partial charge is 0.417 e. The Morgan fingerprint density at radius 1 is 1.35 bits per heavy atom. The maximum absolute atomic E-state index is 12.7. The lowest BCUT2D eigenvalue weighted by Gasteiger charge is -2.08. The normalized spacial score (nSPS) is 10.6. The molecule has 108 valence electrons. The SMILES string of the molecule is CCOCC(=O)NCC#Cc1ccccc1C(F)(F)F. The van der Waals surface area contributed by atoms with Crippen LogP contribution in [0.5, 0.6) is 0 Å². The third kappa shape index (κ3) is 5.33. The molecule has 0 spiro atoms. The fraction of sp³-hybridized carbons (Fsp3) is 0.357. The van der Waals surface area contributed by atoms with Crippen LogP contribution in [0.25, 0.3) is 0 Å². The van der Waals surface area contributed by atoms with E-state index in [1.165, 1.54) is 18.2 Å². The molecule has 1 amide bonds. The molecular weight excluding hydrogens is 271 g/mol. The quantitative estimate of drug-likeness (QED) is 0.861. The van der Waals surface area contributed by atoms with Crippen LogP contribution in [-0.2, 0) is 15.7 Å². The molecule has 1 N–H and O–H groups in total. The first-order valence-corrected chi connectivity index (χ1v) is 5.94. The zero-order chi connectivity index (χ0) is 15.0. The van der Waals surface area contributed by atoms with Crippen LogP contribution >= 0.6 is 0 Å². The molecule has 0 atom stereocenters. The van der Waals surface area contributed by atoms with Crippen molar-refractivity contribution in [2.24, 2.45) is 0 Å². The highest BCUT2D eigenvalue weighted by Crippen LogP contribution is 2.31. The molecule has 0 saturated carbocycles. The van der Waals surface area contributed by atoms with Crippen LogP contribution in [0, 0.1) is 11.8 Å². The van der Waals surface area contributed by atoms with E-state index in [1.54, 1.807) is 6.92 Å². The second-order valence-electron chi connectivity index (χ2n) is 3.76. The molecule has 0 aliphatic rings. The Hall–Kier alpha value is -2.00. The molecule has 0 aromatic heterocycles. The third-order valence-corrected chi connectivity index (χ3v) is 2.27. The van der Waals surface area contributed by atoms with Crippen LogP contribution in [0.4, 0.5) is 13.2 Å². The number of hydrogen-bond donors (Lipinski definition) is 1. The van der Waals surface area contributed by atoms with Crippen LogP contribution < -0.4 is 5.32 Å². The summed E-state index contributed by atoms with van der Waals surface area (Å²) in [4.78, 5) is 11.2. The van der Waals surface area contributed by atoms with E-state index in [0.717, 1.165) is 6.07 Å². The van der Waals surface area contributed by atoms with Crippen molar-refractivity contribution >= 4 is 5.91 Å². The average Bonchev–Trinajstić information content (AvgIpc) is 2.40. The van der Waals surface area contributed by atoms with Gasteiger partial charge >= 0.3 is 6.18 Å². The van der Waals surface area contributed by atoms with Crippen LogP contribution in [0.2, 0.25) is 0 Å². The van der Waals surface area contributed by atoms with E-state index in [9.17, 15) is 18.0 Å². The first-order chi connectivity index (χ1) is 9.45. The van der Waals surface area contributed by atoms with Gasteiger partial charge in [0.15, 0.2) is 0 Å². The topological polar surface area (TPSA) is 38.3 Å². The van der Waals surface area contributed by atoms with Gasteiger partial charge in [-0.3, -0.25) is 4.79 Å². The number of carbonyl (C=O) groups is 1. The molecule has 0 unspecified atom stereocenters. The van der Waals surface area contributed by atoms with E-state index >= 15 is 0 Å². The second kappa shape index (κ2) is 7.56. The molecule has 0 heterocycles. The number of ether oxygens (including phenoxy) is 1. The van der Waals surface area contributed by atoms with Gasteiger partial charge in [0, 0.05) is 12.2 Å². The number of amides is 1. The Bertz CT molecular complexity index is 515. The summed E-state index contributed by atoms with van der Waals surface area (Å²) in [5, 5.41) is 2.43. The van der Waals surface area contributed by atoms with Crippen molar-refractivity contribution in [3.05, 3.63) is 35.4 Å². The minimum atomic E-state index is -4.44. The van der Waals surface area contributed by atoms with Gasteiger partial charge in [0.25, 0.3) is 0 Å². The van der Waals surface area contributed by atoms with Gasteiger partial charge in [-0.05, 0) is 19.1 Å². The Morgan fingerprint density at radius 3 is 2.70 bits per heavy atom. The molecule has 1 aromatic carbocycles. The molecule has 0 aliphatic heterocycles. The van der Waals surface area contributed by atoms with Crippen molar-refractivity contribution in [2.45, 2.75) is 13.1 Å². The highest BCUT2D eigenvalue weighted by Gasteiger charge is 2.32. The lowest BCUT2D eigenvalue weighted by atomic mass is 10.1. The van der Waals surface area contributed by atoms with Gasteiger partial charge in [0.2, 0.25) is 5.91 Å². The van der Waals surface area contributed by atoms with E-state index in [0.29, 0.717) is 6.61 Å². The lowest BCUT2D eigenvalue weighted by molar-refractivity contribution is -0.137. The van der Waals surface area contributed by atoms with Gasteiger partial charge in [-0.15, -0.1) is 0 Å². The number of hydrogen-bond acceptors (Lipinski definition) is 2. The minimum Gasteiger partial charge on any atom is -0.372 e. The molecule has 0 bridgehead atoms. The predicted octanol–water partition coefficient (Wildman–Crippen LogP) is 2.21. The summed E-state index contributed by atoms with van der Waals surface area (Å²) in [6.07, 6.45) is -4.44. The first-order valence-electron chi connectivity index (χ1n) is 5.94. The summed E-state index contributed by atoms with van der Waals surface area (Å²) in [5.41, 5.74) is -0.896. The van der Waals surface area contributed by atoms with E-state index in [4.69, 9.17) is 4.74 Å². The summed E-state index contributed by atoms with van der Waals surface area (Å²) < 4.78 is 42.9. The number of halogens is 3. The zero-order valence-corrected chi connectivity index (χ0v) is 10.9. The third-order valence-electron chi connectivity index (χ3n) is 2.27. The Balaban J connectivity index is 2.62. The first kappa shape index (κ1) is 16.1. The fourth-order valence-electron chi connectivity index (χ4n) is 1.37. The molecule has 1 rings (SSSR count). The summed E-state index contributed by atoms with van der Waals surface area (Å²) >= 11 is 0. The maximum atomic E-state index is 12.7. The van der Waals surface area contributed by atoms with E-state index in [-0.39, 0.29) is 24.6 Å². The number of carbonyl (C=O) groups excluding carboxylic acids is 1. The number of alkyl halides is 3. The van der Waals surface area contributed by atoms with Gasteiger partial charge in [-0.25, -0.2) is 0 Å². The summed E-state index contributed by atoms with van der Waals surface area (Å²) in [7, 11) is 0. The standard InChI is InChI=1S/C14H14F3NO2/c1-2-20-10-13(19)18-9-5-7-11-6-3-4-8-12(11)14(15,16)17/h3-4,6,8H,2,9-10H2,1H3,(H,18,19). The summed E-state index contributed by atoms with van der Waals surface area (Å²) in [6.45, 7) is 2.05. The van der Waals surface area contributed by atoms with Crippen molar-refractivity contribution in [2.75, 3.05) is 19.8 Å². The van der Waals surface area contributed by atoms with Crippen LogP contribution in [0.15, 0.2) is 24.3 Å². The highest BCUT2D eigenvalue weighted by atomic mass is 19.4. The van der Waals surface area contributed by atoms with Crippen molar-refractivity contribution in [1.29, 1.82) is 0 Å². The molecular formula is C14H14F3NO2. The lowest BCUT2D eigenvalue weighted by Crippen LogP contribution is -2.27. The van der Waals surface area contributed by atoms with Gasteiger partial charge in [-0.2, -0.15) is 13.2 Å². The van der Waals surface area contributed by atoms with Gasteiger partial charge in [0.05, 0.1) is 12.1 Å². The van der Waals surface area contributed by atoms with Crippen molar-refractivity contribution in [1.82, 2.24) is 5.32 Å². The maximum Gasteiger partial charge on any atom is 0.417 e. The fourth-order valence-corrected chi connectivity index (χ4v) is 1.37. The monoisotopic (exact) mass is 285 g/mol. The summed E-state index contributed by atoms with van der Waals surface area (Å²) in [5.74, 6) is 4.53. The van der Waals surface area contributed by atoms with Gasteiger partial charge < -0.3 is 10.1 Å². The van der Waals surface area contributed by atoms with Gasteiger partial charge in [-0.1, -0.05) is 24.0 Å². The molecule has 1 aromatic rings. The summed E-state index contributed by atoms with van der Waals surface area (Å²) in [6, 6.07) is 5.04. The molecule has 20 heavy (non-hydrogen) atoms. The molecule has 0 aliphatic carbocycles. The minimum absolute atomic E-state index is 0.0297. The number of benzene rings is 1. The molecule has 0 fully saturated rings.